The molecule has 0 saturated heterocycles. The van der Waals surface area contributed by atoms with Crippen LogP contribution >= 0.6 is 0 Å². The highest BCUT2D eigenvalue weighted by atomic mass is 16.3. The van der Waals surface area contributed by atoms with Crippen molar-refractivity contribution in [1.29, 1.82) is 0 Å². The third-order valence-electron chi connectivity index (χ3n) is 6.05. The summed E-state index contributed by atoms with van der Waals surface area (Å²) < 4.78 is 0. The van der Waals surface area contributed by atoms with E-state index in [-0.39, 0.29) is 16.6 Å². The van der Waals surface area contributed by atoms with Gasteiger partial charge in [0.05, 0.1) is 0 Å². The van der Waals surface area contributed by atoms with Crippen LogP contribution in [0.2, 0.25) is 0 Å². The van der Waals surface area contributed by atoms with Crippen LogP contribution in [-0.4, -0.2) is 5.11 Å². The second kappa shape index (κ2) is 12.0. The Hall–Kier alpha value is -2.22. The molecule has 0 atom stereocenters. The van der Waals surface area contributed by atoms with Gasteiger partial charge in [-0.1, -0.05) is 91.3 Å². The van der Waals surface area contributed by atoms with Gasteiger partial charge in [-0.15, -0.1) is 0 Å². The Bertz CT molecular complexity index is 803. The second-order valence-corrected chi connectivity index (χ2v) is 10.3. The van der Waals surface area contributed by atoms with Crippen LogP contribution < -0.4 is 5.32 Å². The number of aryl methyl sites for hydroxylation is 1. The van der Waals surface area contributed by atoms with Crippen molar-refractivity contribution in [2.24, 2.45) is 5.41 Å². The summed E-state index contributed by atoms with van der Waals surface area (Å²) in [5.74, 6) is 0.155. The summed E-state index contributed by atoms with van der Waals surface area (Å²) in [5.41, 5.74) is 6.36. The minimum atomic E-state index is 0.0981. The van der Waals surface area contributed by atoms with Gasteiger partial charge < -0.3 is 10.4 Å². The average Bonchev–Trinajstić information content (AvgIpc) is 2.67. The lowest BCUT2D eigenvalue weighted by molar-refractivity contribution is 0.370. The number of allylic oxidation sites excluding steroid dienone is 4. The number of aliphatic hydroxyl groups excluding tert-OH is 1. The van der Waals surface area contributed by atoms with Crippen LogP contribution in [0.3, 0.4) is 0 Å². The Morgan fingerprint density at radius 1 is 1.10 bits per heavy atom. The van der Waals surface area contributed by atoms with Crippen molar-refractivity contribution in [2.75, 3.05) is 5.32 Å². The third-order valence-corrected chi connectivity index (χ3v) is 6.05. The molecule has 0 saturated carbocycles. The minimum absolute atomic E-state index is 0.0981. The first-order valence-electron chi connectivity index (χ1n) is 11.7. The van der Waals surface area contributed by atoms with Crippen molar-refractivity contribution in [2.45, 2.75) is 92.4 Å². The van der Waals surface area contributed by atoms with Crippen molar-refractivity contribution < 1.29 is 5.11 Å². The second-order valence-electron chi connectivity index (χ2n) is 10.3. The normalized spacial score (nSPS) is 13.3. The first kappa shape index (κ1) is 26.8. The highest BCUT2D eigenvalue weighted by molar-refractivity contribution is 5.57. The van der Waals surface area contributed by atoms with Crippen LogP contribution in [0.15, 0.2) is 66.6 Å². The molecule has 0 heterocycles. The number of rotatable bonds is 12. The van der Waals surface area contributed by atoms with E-state index in [9.17, 15) is 5.11 Å². The van der Waals surface area contributed by atoms with E-state index in [0.717, 1.165) is 37.1 Å². The predicted octanol–water partition coefficient (Wildman–Crippen LogP) is 9.16. The van der Waals surface area contributed by atoms with E-state index in [2.05, 4.69) is 91.2 Å². The molecule has 0 fully saturated rings. The van der Waals surface area contributed by atoms with E-state index >= 15 is 0 Å². The van der Waals surface area contributed by atoms with Gasteiger partial charge in [0.25, 0.3) is 0 Å². The average molecular weight is 424 g/mol. The topological polar surface area (TPSA) is 32.3 Å². The van der Waals surface area contributed by atoms with Crippen molar-refractivity contribution in [3.8, 4) is 0 Å². The standard InChI is InChI=1S/C29H45NO/c1-10-24(21-23(4)31)29(8,9)19-15-13-12-14-16-26(11-2)30-27-18-17-25(20-22(27)3)28(5,6)7/h11,16-18,20-21,30-31H,2,4,10,12-15,19H2,1,3,5-9H3/b24-21+,26-16+. The third kappa shape index (κ3) is 9.21. The maximum Gasteiger partial charge on any atom is 0.108 e. The summed E-state index contributed by atoms with van der Waals surface area (Å²) in [6.07, 6.45) is 12.6. The molecular formula is C29H45NO. The first-order chi connectivity index (χ1) is 14.4. The van der Waals surface area contributed by atoms with Gasteiger partial charge in [0.15, 0.2) is 0 Å². The van der Waals surface area contributed by atoms with Crippen LogP contribution in [0, 0.1) is 12.3 Å². The molecule has 0 spiro atoms. The van der Waals surface area contributed by atoms with Gasteiger partial charge in [-0.05, 0) is 72.8 Å². The highest BCUT2D eigenvalue weighted by Gasteiger charge is 2.21. The van der Waals surface area contributed by atoms with Crippen LogP contribution in [0.1, 0.15) is 91.2 Å². The molecule has 2 nitrogen and oxygen atoms in total. The van der Waals surface area contributed by atoms with Gasteiger partial charge >= 0.3 is 0 Å². The first-order valence-corrected chi connectivity index (χ1v) is 11.7. The van der Waals surface area contributed by atoms with Crippen molar-refractivity contribution in [1.82, 2.24) is 0 Å². The zero-order valence-electron chi connectivity index (χ0n) is 21.1. The molecule has 31 heavy (non-hydrogen) atoms. The molecule has 2 heteroatoms. The molecule has 172 valence electrons. The van der Waals surface area contributed by atoms with Crippen LogP contribution in [0.25, 0.3) is 0 Å². The summed E-state index contributed by atoms with van der Waals surface area (Å²) in [7, 11) is 0. The van der Waals surface area contributed by atoms with Crippen molar-refractivity contribution in [3.05, 3.63) is 77.7 Å². The molecule has 0 aromatic heterocycles. The molecule has 0 radical (unpaired) electrons. The van der Waals surface area contributed by atoms with Gasteiger partial charge in [-0.2, -0.15) is 0 Å². The summed E-state index contributed by atoms with van der Waals surface area (Å²) in [6, 6.07) is 6.66. The smallest absolute Gasteiger partial charge is 0.108 e. The molecule has 0 bridgehead atoms. The number of hydrogen-bond donors (Lipinski definition) is 2. The maximum atomic E-state index is 9.51. The summed E-state index contributed by atoms with van der Waals surface area (Å²) in [5, 5.41) is 13.0. The number of hydrogen-bond acceptors (Lipinski definition) is 2. The SMILES string of the molecule is C=C/C(=C\CCCCCC(C)(C)/C(=C/C(=C)O)CC)Nc1ccc(C(C)(C)C)cc1C. The van der Waals surface area contributed by atoms with E-state index in [4.69, 9.17) is 0 Å². The molecule has 1 aromatic carbocycles. The van der Waals surface area contributed by atoms with E-state index in [1.807, 2.05) is 12.2 Å². The molecule has 0 aliphatic carbocycles. The Labute approximate surface area is 191 Å². The van der Waals surface area contributed by atoms with Gasteiger partial charge in [-0.25, -0.2) is 0 Å². The summed E-state index contributed by atoms with van der Waals surface area (Å²) in [4.78, 5) is 0. The Balaban J connectivity index is 2.56. The van der Waals surface area contributed by atoms with Crippen molar-refractivity contribution in [3.63, 3.8) is 0 Å². The molecule has 0 unspecified atom stereocenters. The Kier molecular flexibility index (Phi) is 10.4. The molecule has 0 amide bonds. The number of aliphatic hydroxyl groups is 1. The van der Waals surface area contributed by atoms with Crippen LogP contribution in [0.5, 0.6) is 0 Å². The van der Waals surface area contributed by atoms with E-state index in [1.54, 1.807) is 0 Å². The van der Waals surface area contributed by atoms with Crippen LogP contribution in [-0.2, 0) is 5.41 Å². The van der Waals surface area contributed by atoms with Gasteiger partial charge in [0.2, 0.25) is 0 Å². The monoisotopic (exact) mass is 423 g/mol. The summed E-state index contributed by atoms with van der Waals surface area (Å²) in [6.45, 7) is 23.1. The predicted molar refractivity (Wildman–Crippen MR) is 139 cm³/mol. The molecule has 1 aromatic rings. The van der Waals surface area contributed by atoms with E-state index < -0.39 is 0 Å². The number of anilines is 1. The lowest BCUT2D eigenvalue weighted by atomic mass is 9.78. The maximum absolute atomic E-state index is 9.51. The Morgan fingerprint density at radius 2 is 1.77 bits per heavy atom. The lowest BCUT2D eigenvalue weighted by Gasteiger charge is -2.28. The molecular weight excluding hydrogens is 378 g/mol. The van der Waals surface area contributed by atoms with Gasteiger partial charge in [0.1, 0.15) is 5.76 Å². The fourth-order valence-electron chi connectivity index (χ4n) is 3.89. The van der Waals surface area contributed by atoms with Gasteiger partial charge in [0, 0.05) is 11.4 Å². The van der Waals surface area contributed by atoms with Gasteiger partial charge in [-0.3, -0.25) is 0 Å². The Morgan fingerprint density at radius 3 is 2.29 bits per heavy atom. The quantitative estimate of drug-likeness (QED) is 0.199. The number of nitrogens with one attached hydrogen (secondary N) is 1. The molecule has 2 N–H and O–H groups in total. The number of benzene rings is 1. The van der Waals surface area contributed by atoms with Crippen LogP contribution in [0.4, 0.5) is 5.69 Å². The van der Waals surface area contributed by atoms with E-state index in [1.165, 1.54) is 29.5 Å². The number of unbranched alkanes of at least 4 members (excludes halogenated alkanes) is 3. The summed E-state index contributed by atoms with van der Waals surface area (Å²) >= 11 is 0. The lowest BCUT2D eigenvalue weighted by Crippen LogP contribution is -2.14. The fraction of sp³-hybridized carbons (Fsp3) is 0.517. The van der Waals surface area contributed by atoms with Crippen molar-refractivity contribution >= 4 is 5.69 Å². The highest BCUT2D eigenvalue weighted by Crippen LogP contribution is 2.35. The van der Waals surface area contributed by atoms with E-state index in [0.29, 0.717) is 0 Å². The zero-order valence-corrected chi connectivity index (χ0v) is 21.1. The molecule has 0 aliphatic rings. The molecule has 0 aliphatic heterocycles. The minimum Gasteiger partial charge on any atom is -0.509 e. The zero-order chi connectivity index (χ0) is 23.7. The fourth-order valence-corrected chi connectivity index (χ4v) is 3.89. The largest absolute Gasteiger partial charge is 0.509 e. The molecule has 1 rings (SSSR count).